The summed E-state index contributed by atoms with van der Waals surface area (Å²) in [4.78, 5) is 53.9. The van der Waals surface area contributed by atoms with Crippen molar-refractivity contribution >= 4 is 94.1 Å². The van der Waals surface area contributed by atoms with Crippen molar-refractivity contribution in [2.45, 2.75) is 67.6 Å². The van der Waals surface area contributed by atoms with Gasteiger partial charge in [-0.2, -0.15) is 21.4 Å². The maximum absolute atomic E-state index is 13.9. The van der Waals surface area contributed by atoms with Crippen LogP contribution >= 0.6 is 11.6 Å². The molecular weight excluding hydrogens is 988 g/mol. The molecular formula is C56H46ClN4O10S2+. The van der Waals surface area contributed by atoms with Crippen LogP contribution in [-0.2, 0) is 39.6 Å². The number of halogens is 1. The Morgan fingerprint density at radius 2 is 1.07 bits per heavy atom. The van der Waals surface area contributed by atoms with Gasteiger partial charge in [-0.15, -0.1) is 18.7 Å². The number of fused-ring (bicyclic) bond motifs is 8. The zero-order chi connectivity index (χ0) is 51.7. The average Bonchev–Trinajstić information content (AvgIpc) is 3.91. The Hall–Kier alpha value is -7.34. The molecule has 14 nitrogen and oxygen atoms in total. The Balaban J connectivity index is 0.859. The van der Waals surface area contributed by atoms with Crippen LogP contribution in [0.5, 0.6) is 0 Å². The molecule has 0 aromatic heterocycles. The highest BCUT2D eigenvalue weighted by molar-refractivity contribution is 7.87. The van der Waals surface area contributed by atoms with Crippen LogP contribution in [0.4, 0.5) is 11.4 Å². The van der Waals surface area contributed by atoms with Crippen LogP contribution < -0.4 is 4.90 Å². The highest BCUT2D eigenvalue weighted by Crippen LogP contribution is 2.51. The van der Waals surface area contributed by atoms with E-state index in [9.17, 15) is 36.0 Å². The molecule has 0 bridgehead atoms. The van der Waals surface area contributed by atoms with E-state index >= 15 is 0 Å². The summed E-state index contributed by atoms with van der Waals surface area (Å²) >= 11 is 7.27. The van der Waals surface area contributed by atoms with Gasteiger partial charge in [0.15, 0.2) is 5.71 Å². The van der Waals surface area contributed by atoms with Gasteiger partial charge in [0, 0.05) is 57.4 Å². The zero-order valence-corrected chi connectivity index (χ0v) is 42.8. The van der Waals surface area contributed by atoms with Gasteiger partial charge in [0.2, 0.25) is 5.69 Å². The van der Waals surface area contributed by atoms with Crippen molar-refractivity contribution in [2.24, 2.45) is 0 Å². The molecule has 0 saturated carbocycles. The Morgan fingerprint density at radius 1 is 0.575 bits per heavy atom. The van der Waals surface area contributed by atoms with Crippen molar-refractivity contribution in [3.05, 3.63) is 189 Å². The van der Waals surface area contributed by atoms with Gasteiger partial charge in [0.25, 0.3) is 23.6 Å². The lowest BCUT2D eigenvalue weighted by Gasteiger charge is -2.25. The van der Waals surface area contributed by atoms with Crippen LogP contribution in [0, 0.1) is 0 Å². The number of likely N-dealkylation sites (N-methyl/N-ethyl adjacent to an activating group) is 1. The largest absolute Gasteiger partial charge is 0.347 e. The van der Waals surface area contributed by atoms with Crippen LogP contribution in [0.25, 0.3) is 21.5 Å². The molecule has 6 aromatic rings. The van der Waals surface area contributed by atoms with Crippen LogP contribution in [0.3, 0.4) is 0 Å². The van der Waals surface area contributed by atoms with E-state index < -0.39 is 54.7 Å². The van der Waals surface area contributed by atoms with Crippen LogP contribution in [0.1, 0.15) is 99.5 Å². The first-order valence-electron chi connectivity index (χ1n) is 23.5. The van der Waals surface area contributed by atoms with Gasteiger partial charge in [-0.1, -0.05) is 92.2 Å². The maximum Gasteiger partial charge on any atom is 0.318 e. The normalized spacial score (nSPS) is 19.5. The molecule has 5 aliphatic rings. The van der Waals surface area contributed by atoms with Gasteiger partial charge >= 0.3 is 20.2 Å². The van der Waals surface area contributed by atoms with Crippen molar-refractivity contribution in [3.63, 3.8) is 0 Å². The molecule has 0 N–H and O–H groups in total. The molecule has 0 radical (unpaired) electrons. The minimum absolute atomic E-state index is 0.0617. The smallest absolute Gasteiger partial charge is 0.318 e. The monoisotopic (exact) mass is 1030 g/mol. The number of carbonyl (C=O) groups excluding carboxylic acids is 4. The number of hydrogen-bond donors (Lipinski definition) is 0. The fraction of sp³-hybridized carbons (Fsp3) is 0.196. The fourth-order valence-electron chi connectivity index (χ4n) is 11.3. The first-order chi connectivity index (χ1) is 34.6. The molecule has 0 spiro atoms. The highest BCUT2D eigenvalue weighted by Gasteiger charge is 2.47. The van der Waals surface area contributed by atoms with Gasteiger partial charge in [0.1, 0.15) is 16.8 Å². The molecule has 4 aliphatic heterocycles. The quantitative estimate of drug-likeness (QED) is 0.0998. The number of benzene rings is 6. The number of amides is 4. The number of allylic oxidation sites excluding steroid dienone is 8. The third kappa shape index (κ3) is 7.29. The Bertz CT molecular complexity index is 3890. The second-order valence-corrected chi connectivity index (χ2v) is 23.0. The fourth-order valence-corrected chi connectivity index (χ4v) is 13.8. The summed E-state index contributed by atoms with van der Waals surface area (Å²) in [5, 5.41) is 3.35. The topological polar surface area (TPSA) is 168 Å². The SMILES string of the molecule is CN1C(=CC=C2CCCC(C=CC3=[N+](C)c4ccc5c(S(=O)(=O)ON6C(=O)c7ccccc7C6=O)cccc5c4C3(C)C)=C2Cl)C(C)(C)c2c1ccc1c(S(=O)(=O)ON3C(=O)c4ccccc4C3=O)cccc21. The van der Waals surface area contributed by atoms with E-state index in [0.717, 1.165) is 64.3 Å². The molecule has 4 heterocycles. The van der Waals surface area contributed by atoms with E-state index in [1.165, 1.54) is 36.4 Å². The Kier molecular flexibility index (Phi) is 11.1. The van der Waals surface area contributed by atoms with Crippen LogP contribution in [0.15, 0.2) is 165 Å². The second-order valence-electron chi connectivity index (χ2n) is 19.6. The number of anilines is 1. The molecule has 0 unspecified atom stereocenters. The first kappa shape index (κ1) is 48.0. The van der Waals surface area contributed by atoms with Gasteiger partial charge in [-0.25, -0.2) is 0 Å². The van der Waals surface area contributed by atoms with Gasteiger partial charge < -0.3 is 4.90 Å². The van der Waals surface area contributed by atoms with Crippen molar-refractivity contribution < 1.29 is 49.2 Å². The van der Waals surface area contributed by atoms with E-state index in [1.807, 2.05) is 50.5 Å². The molecule has 6 aromatic carbocycles. The van der Waals surface area contributed by atoms with Gasteiger partial charge in [-0.3, -0.25) is 19.2 Å². The lowest BCUT2D eigenvalue weighted by atomic mass is 9.78. The summed E-state index contributed by atoms with van der Waals surface area (Å²) in [5.74, 6) is -3.42. The van der Waals surface area contributed by atoms with Crippen molar-refractivity contribution in [1.29, 1.82) is 0 Å². The summed E-state index contributed by atoms with van der Waals surface area (Å²) in [5.41, 5.74) is 6.38. The summed E-state index contributed by atoms with van der Waals surface area (Å²) in [6.07, 6.45) is 10.6. The van der Waals surface area contributed by atoms with E-state index in [-0.39, 0.29) is 32.0 Å². The lowest BCUT2D eigenvalue weighted by molar-refractivity contribution is -0.401. The maximum atomic E-state index is 13.9. The summed E-state index contributed by atoms with van der Waals surface area (Å²) < 4.78 is 68.3. The Labute approximate surface area is 426 Å². The van der Waals surface area contributed by atoms with E-state index in [1.54, 1.807) is 48.5 Å². The lowest BCUT2D eigenvalue weighted by Crippen LogP contribution is -2.32. The van der Waals surface area contributed by atoms with Crippen LogP contribution in [0.2, 0.25) is 0 Å². The van der Waals surface area contributed by atoms with Crippen molar-refractivity contribution in [3.8, 4) is 0 Å². The number of hydrogen-bond acceptors (Lipinski definition) is 11. The minimum atomic E-state index is -4.66. The molecule has 1 aliphatic carbocycles. The third-order valence-electron chi connectivity index (χ3n) is 14.7. The molecule has 17 heteroatoms. The first-order valence-corrected chi connectivity index (χ1v) is 26.6. The Morgan fingerprint density at radius 3 is 1.59 bits per heavy atom. The van der Waals surface area contributed by atoms with E-state index in [4.69, 9.17) is 20.2 Å². The molecule has 0 saturated heterocycles. The zero-order valence-electron chi connectivity index (χ0n) is 40.4. The van der Waals surface area contributed by atoms with E-state index in [0.29, 0.717) is 36.7 Å². The van der Waals surface area contributed by atoms with Gasteiger partial charge in [0.05, 0.1) is 27.7 Å². The second kappa shape index (κ2) is 16.9. The average molecular weight is 1030 g/mol. The molecule has 4 amide bonds. The predicted molar refractivity (Wildman–Crippen MR) is 276 cm³/mol. The summed E-state index contributed by atoms with van der Waals surface area (Å²) in [6, 6.07) is 29.0. The third-order valence-corrected chi connectivity index (χ3v) is 17.7. The van der Waals surface area contributed by atoms with Crippen molar-refractivity contribution in [1.82, 2.24) is 10.1 Å². The molecule has 0 atom stereocenters. The molecule has 73 heavy (non-hydrogen) atoms. The number of carbonyl (C=O) groups is 4. The number of hydroxylamine groups is 4. The standard InChI is InChI=1S/C56H46ClN4O10S2/c1-55(2)46(58(5)42-28-26-34-36(48(42)55)20-12-22-44(34)72(66,67)70-60-51(62)38-16-7-8-17-39(38)52(60)63)30-24-32-14-11-15-33(50(32)57)25-31-47-56(3,4)49-37-21-13-23-45(35(37)27-29-43(49)59(47)6)73(68,69)71-61-53(64)40-18-9-10-19-41(40)54(61)65/h7-10,12-13,16-31H,11,14-15H2,1-6H3/q+1. The van der Waals surface area contributed by atoms with Crippen LogP contribution in [-0.4, -0.2) is 75.0 Å². The molecule has 11 rings (SSSR count). The van der Waals surface area contributed by atoms with E-state index in [2.05, 4.69) is 49.3 Å². The van der Waals surface area contributed by atoms with Crippen molar-refractivity contribution in [2.75, 3.05) is 19.0 Å². The number of imide groups is 2. The predicted octanol–water partition coefficient (Wildman–Crippen LogP) is 10.3. The molecule has 368 valence electrons. The highest BCUT2D eigenvalue weighted by atomic mass is 35.5. The number of rotatable bonds is 9. The summed E-state index contributed by atoms with van der Waals surface area (Å²) in [6.45, 7) is 8.30. The van der Waals surface area contributed by atoms with Gasteiger partial charge in [-0.05, 0) is 115 Å². The molecule has 0 fully saturated rings. The summed E-state index contributed by atoms with van der Waals surface area (Å²) in [7, 11) is -5.39. The number of nitrogens with zero attached hydrogens (tertiary/aromatic N) is 4. The minimum Gasteiger partial charge on any atom is -0.347 e.